The maximum Gasteiger partial charge on any atom is 0.343 e. The molecule has 3 rings (SSSR count). The van der Waals surface area contributed by atoms with Crippen molar-refractivity contribution in [2.45, 2.75) is 6.92 Å². The Labute approximate surface area is 194 Å². The molecule has 0 fully saturated rings. The minimum atomic E-state index is -0.557. The summed E-state index contributed by atoms with van der Waals surface area (Å²) in [6, 6.07) is 16.5. The van der Waals surface area contributed by atoms with Gasteiger partial charge < -0.3 is 14.2 Å². The lowest BCUT2D eigenvalue weighted by Crippen LogP contribution is -2.17. The van der Waals surface area contributed by atoms with Crippen LogP contribution in [0.15, 0.2) is 71.8 Å². The van der Waals surface area contributed by atoms with Gasteiger partial charge in [0.2, 0.25) is 0 Å². The highest BCUT2D eigenvalue weighted by atomic mass is 16.6. The standard InChI is InChI=1S/C24H21N3O7/c1-3-33-20-11-7-18(8-12-20)24(29)34-21-13-4-16(14-22(21)32-2)15-25-26-23(28)17-5-9-19(10-6-17)27(30)31/h4-15H,3H2,1-2H3,(H,26,28)/b25-15-. The van der Waals surface area contributed by atoms with Gasteiger partial charge in [-0.1, -0.05) is 0 Å². The van der Waals surface area contributed by atoms with E-state index in [1.165, 1.54) is 37.6 Å². The molecule has 0 radical (unpaired) electrons. The van der Waals surface area contributed by atoms with Gasteiger partial charge in [-0.15, -0.1) is 0 Å². The molecule has 0 atom stereocenters. The van der Waals surface area contributed by atoms with E-state index in [1.807, 2.05) is 6.92 Å². The molecule has 3 aromatic rings. The highest BCUT2D eigenvalue weighted by Gasteiger charge is 2.13. The Hall–Kier alpha value is -4.73. The summed E-state index contributed by atoms with van der Waals surface area (Å²) in [5, 5.41) is 14.6. The molecule has 0 aliphatic carbocycles. The molecular formula is C24H21N3O7. The van der Waals surface area contributed by atoms with Crippen LogP contribution in [-0.2, 0) is 0 Å². The summed E-state index contributed by atoms with van der Waals surface area (Å²) in [5.74, 6) is 0.0801. The Morgan fingerprint density at radius 1 is 1.00 bits per heavy atom. The van der Waals surface area contributed by atoms with Crippen LogP contribution in [-0.4, -0.2) is 36.7 Å². The summed E-state index contributed by atoms with van der Waals surface area (Å²) in [6.45, 7) is 2.40. The van der Waals surface area contributed by atoms with Gasteiger partial charge in [0.15, 0.2) is 11.5 Å². The number of amides is 1. The number of carbonyl (C=O) groups is 2. The number of nitro benzene ring substituents is 1. The third-order valence-electron chi connectivity index (χ3n) is 4.51. The predicted octanol–water partition coefficient (Wildman–Crippen LogP) is 3.99. The molecule has 3 aromatic carbocycles. The average molecular weight is 463 g/mol. The lowest BCUT2D eigenvalue weighted by atomic mass is 10.2. The van der Waals surface area contributed by atoms with Crippen molar-refractivity contribution in [1.29, 1.82) is 0 Å². The van der Waals surface area contributed by atoms with Crippen molar-refractivity contribution in [1.82, 2.24) is 5.43 Å². The molecule has 0 bridgehead atoms. The van der Waals surface area contributed by atoms with E-state index in [1.54, 1.807) is 42.5 Å². The number of non-ortho nitro benzene ring substituents is 1. The first kappa shape index (κ1) is 23.9. The largest absolute Gasteiger partial charge is 0.494 e. The molecule has 0 spiro atoms. The number of nitrogens with one attached hydrogen (secondary N) is 1. The number of esters is 1. The van der Waals surface area contributed by atoms with Crippen LogP contribution in [0.2, 0.25) is 0 Å². The Morgan fingerprint density at radius 2 is 1.68 bits per heavy atom. The zero-order valence-electron chi connectivity index (χ0n) is 18.4. The van der Waals surface area contributed by atoms with Gasteiger partial charge in [0.1, 0.15) is 5.75 Å². The quantitative estimate of drug-likeness (QED) is 0.167. The van der Waals surface area contributed by atoms with Crippen LogP contribution in [0.3, 0.4) is 0 Å². The number of hydrogen-bond acceptors (Lipinski definition) is 8. The summed E-state index contributed by atoms with van der Waals surface area (Å²) in [6.07, 6.45) is 1.38. The second kappa shape index (κ2) is 11.2. The zero-order valence-corrected chi connectivity index (χ0v) is 18.4. The lowest BCUT2D eigenvalue weighted by Gasteiger charge is -2.10. The summed E-state index contributed by atoms with van der Waals surface area (Å²) < 4.78 is 16.1. The van der Waals surface area contributed by atoms with Crippen LogP contribution < -0.4 is 19.6 Å². The summed E-state index contributed by atoms with van der Waals surface area (Å²) in [7, 11) is 1.43. The van der Waals surface area contributed by atoms with Crippen molar-refractivity contribution >= 4 is 23.8 Å². The average Bonchev–Trinajstić information content (AvgIpc) is 2.85. The van der Waals surface area contributed by atoms with Crippen LogP contribution in [0.4, 0.5) is 5.69 Å². The molecule has 0 aliphatic heterocycles. The van der Waals surface area contributed by atoms with Crippen molar-refractivity contribution in [2.24, 2.45) is 5.10 Å². The lowest BCUT2D eigenvalue weighted by molar-refractivity contribution is -0.384. The molecule has 0 saturated heterocycles. The number of rotatable bonds is 9. The monoisotopic (exact) mass is 463 g/mol. The fraction of sp³-hybridized carbons (Fsp3) is 0.125. The van der Waals surface area contributed by atoms with Gasteiger partial charge in [-0.3, -0.25) is 14.9 Å². The molecule has 0 unspecified atom stereocenters. The molecule has 0 saturated carbocycles. The third kappa shape index (κ3) is 6.16. The molecule has 174 valence electrons. The Bertz CT molecular complexity index is 1210. The van der Waals surface area contributed by atoms with Gasteiger partial charge in [0.05, 0.1) is 30.4 Å². The summed E-state index contributed by atoms with van der Waals surface area (Å²) in [5.41, 5.74) is 3.37. The van der Waals surface area contributed by atoms with Crippen LogP contribution in [0.5, 0.6) is 17.2 Å². The number of nitrogens with zero attached hydrogens (tertiary/aromatic N) is 2. The number of methoxy groups -OCH3 is 1. The molecule has 0 heterocycles. The van der Waals surface area contributed by atoms with E-state index >= 15 is 0 Å². The zero-order chi connectivity index (χ0) is 24.5. The number of nitro groups is 1. The van der Waals surface area contributed by atoms with Crippen LogP contribution >= 0.6 is 0 Å². The number of carbonyl (C=O) groups excluding carboxylic acids is 2. The van der Waals surface area contributed by atoms with Crippen molar-refractivity contribution in [3.05, 3.63) is 93.5 Å². The van der Waals surface area contributed by atoms with E-state index < -0.39 is 16.8 Å². The fourth-order valence-corrected chi connectivity index (χ4v) is 2.83. The van der Waals surface area contributed by atoms with Gasteiger partial charge in [-0.2, -0.15) is 5.10 Å². The molecule has 10 nitrogen and oxygen atoms in total. The minimum Gasteiger partial charge on any atom is -0.494 e. The van der Waals surface area contributed by atoms with E-state index in [2.05, 4.69) is 10.5 Å². The Kier molecular flexibility index (Phi) is 7.90. The van der Waals surface area contributed by atoms with E-state index in [9.17, 15) is 19.7 Å². The molecule has 0 aliphatic rings. The maximum absolute atomic E-state index is 12.4. The number of ether oxygens (including phenoxy) is 3. The maximum atomic E-state index is 12.4. The van der Waals surface area contributed by atoms with Gasteiger partial charge in [-0.05, 0) is 67.1 Å². The smallest absolute Gasteiger partial charge is 0.343 e. The minimum absolute atomic E-state index is 0.115. The van der Waals surface area contributed by atoms with Gasteiger partial charge in [-0.25, -0.2) is 10.2 Å². The van der Waals surface area contributed by atoms with E-state index in [4.69, 9.17) is 14.2 Å². The molecule has 10 heteroatoms. The van der Waals surface area contributed by atoms with Crippen LogP contribution in [0.1, 0.15) is 33.2 Å². The highest BCUT2D eigenvalue weighted by molar-refractivity contribution is 5.95. The predicted molar refractivity (Wildman–Crippen MR) is 124 cm³/mol. The third-order valence-corrected chi connectivity index (χ3v) is 4.51. The second-order valence-corrected chi connectivity index (χ2v) is 6.76. The van der Waals surface area contributed by atoms with Crippen molar-refractivity contribution in [2.75, 3.05) is 13.7 Å². The fourth-order valence-electron chi connectivity index (χ4n) is 2.83. The molecule has 1 amide bonds. The Balaban J connectivity index is 1.63. The molecule has 1 N–H and O–H groups in total. The summed E-state index contributed by atoms with van der Waals surface area (Å²) >= 11 is 0. The molecule has 0 aromatic heterocycles. The van der Waals surface area contributed by atoms with Crippen LogP contribution in [0.25, 0.3) is 0 Å². The normalized spacial score (nSPS) is 10.5. The first-order chi connectivity index (χ1) is 16.4. The van der Waals surface area contributed by atoms with E-state index in [0.29, 0.717) is 29.2 Å². The number of benzene rings is 3. The molecular weight excluding hydrogens is 442 g/mol. The topological polar surface area (TPSA) is 129 Å². The second-order valence-electron chi connectivity index (χ2n) is 6.76. The molecule has 34 heavy (non-hydrogen) atoms. The number of hydrogen-bond donors (Lipinski definition) is 1. The summed E-state index contributed by atoms with van der Waals surface area (Å²) in [4.78, 5) is 34.7. The van der Waals surface area contributed by atoms with Crippen LogP contribution in [0, 0.1) is 10.1 Å². The number of hydrazone groups is 1. The van der Waals surface area contributed by atoms with E-state index in [0.717, 1.165) is 0 Å². The highest BCUT2D eigenvalue weighted by Crippen LogP contribution is 2.28. The van der Waals surface area contributed by atoms with Crippen molar-refractivity contribution < 1.29 is 28.7 Å². The first-order valence-electron chi connectivity index (χ1n) is 10.1. The van der Waals surface area contributed by atoms with Gasteiger partial charge in [0.25, 0.3) is 11.6 Å². The SMILES string of the molecule is CCOc1ccc(C(=O)Oc2ccc(/C=N\NC(=O)c3ccc([N+](=O)[O-])cc3)cc2OC)cc1. The van der Waals surface area contributed by atoms with Crippen molar-refractivity contribution in [3.8, 4) is 17.2 Å². The van der Waals surface area contributed by atoms with Gasteiger partial charge >= 0.3 is 5.97 Å². The van der Waals surface area contributed by atoms with Gasteiger partial charge in [0, 0.05) is 17.7 Å². The van der Waals surface area contributed by atoms with Crippen molar-refractivity contribution in [3.63, 3.8) is 0 Å². The Morgan fingerprint density at radius 3 is 2.29 bits per heavy atom. The first-order valence-corrected chi connectivity index (χ1v) is 10.1. The van der Waals surface area contributed by atoms with E-state index in [-0.39, 0.29) is 17.0 Å².